The number of pyridine rings is 1. The van der Waals surface area contributed by atoms with E-state index in [1.165, 1.54) is 0 Å². The minimum Gasteiger partial charge on any atom is -0.423 e. The molecule has 0 bridgehead atoms. The van der Waals surface area contributed by atoms with Gasteiger partial charge in [0.05, 0.1) is 13.2 Å². The molecule has 0 unspecified atom stereocenters. The summed E-state index contributed by atoms with van der Waals surface area (Å²) in [5.74, 6) is 1.20. The van der Waals surface area contributed by atoms with E-state index in [4.69, 9.17) is 9.76 Å². The normalized spacial score (nSPS) is 11.3. The fourth-order valence-electron chi connectivity index (χ4n) is 3.38. The fourth-order valence-corrected chi connectivity index (χ4v) is 3.38. The fraction of sp³-hybridized carbons (Fsp3) is 0.419. The minimum atomic E-state index is -0.742. The maximum absolute atomic E-state index is 10.6. The number of nitrogens with zero attached hydrogens (tertiary/aromatic N) is 4. The van der Waals surface area contributed by atoms with Crippen LogP contribution in [-0.2, 0) is 18.3 Å². The standard InChI is InChI=1S/C11H12N4O.C8H10BNO2.C8H14O.2C2H6/c1-7-4-5-9(12-8(7)2)11-13-10(6-16)14-15(11)3;1-10-7-3-2-6-5-12-9(11)8(6)4-7;1-4-5-8(6-9)7(2)3;2*1-2/h4-6H,1-3H3;2-4,10-11H,5H2,1H3;4-5,7,9H,1,6H2,2-3H3;2*1-2H3/b;;8-5-;;. The second-order valence-electron chi connectivity index (χ2n) is 8.75. The third-order valence-corrected chi connectivity index (χ3v) is 5.82. The van der Waals surface area contributed by atoms with Gasteiger partial charge in [-0.05, 0) is 60.1 Å². The van der Waals surface area contributed by atoms with E-state index in [1.54, 1.807) is 17.8 Å². The van der Waals surface area contributed by atoms with E-state index in [0.29, 0.717) is 24.6 Å². The molecule has 0 saturated heterocycles. The molecular formula is C31H48BN5O4. The van der Waals surface area contributed by atoms with Crippen molar-refractivity contribution in [2.24, 2.45) is 13.0 Å². The Morgan fingerprint density at radius 1 is 1.17 bits per heavy atom. The maximum Gasteiger partial charge on any atom is 0.491 e. The Hall–Kier alpha value is -3.60. The molecule has 0 fully saturated rings. The first-order valence-corrected chi connectivity index (χ1v) is 14.0. The van der Waals surface area contributed by atoms with Gasteiger partial charge in [-0.15, -0.1) is 5.10 Å². The molecule has 1 aromatic carbocycles. The molecule has 224 valence electrons. The number of fused-ring (bicyclic) bond motifs is 1. The molecule has 1 aliphatic heterocycles. The second-order valence-corrected chi connectivity index (χ2v) is 8.75. The van der Waals surface area contributed by atoms with E-state index < -0.39 is 7.12 Å². The van der Waals surface area contributed by atoms with Gasteiger partial charge in [0.25, 0.3) is 0 Å². The summed E-state index contributed by atoms with van der Waals surface area (Å²) in [6.45, 7) is 20.2. The number of anilines is 1. The van der Waals surface area contributed by atoms with Gasteiger partial charge in [-0.3, -0.25) is 4.79 Å². The zero-order valence-corrected chi connectivity index (χ0v) is 26.4. The Kier molecular flexibility index (Phi) is 18.5. The molecule has 1 aliphatic rings. The third-order valence-electron chi connectivity index (χ3n) is 5.82. The van der Waals surface area contributed by atoms with Gasteiger partial charge in [0.1, 0.15) is 5.69 Å². The van der Waals surface area contributed by atoms with Crippen LogP contribution in [0.1, 0.15) is 69.0 Å². The van der Waals surface area contributed by atoms with Crippen molar-refractivity contribution in [3.8, 4) is 11.5 Å². The van der Waals surface area contributed by atoms with E-state index in [0.717, 1.165) is 39.2 Å². The highest BCUT2D eigenvalue weighted by Gasteiger charge is 2.26. The van der Waals surface area contributed by atoms with E-state index in [1.807, 2.05) is 98.8 Å². The van der Waals surface area contributed by atoms with Crippen LogP contribution in [-0.4, -0.2) is 56.9 Å². The molecule has 3 heterocycles. The first-order valence-electron chi connectivity index (χ1n) is 14.0. The SMILES string of the molecule is C=C/C=C(/CO)C(C)C.CC.CC.CNc1ccc2c(c1)B(O)OC2.Cc1ccc(-c2nc(C=O)nn2C)nc1C. The van der Waals surface area contributed by atoms with Gasteiger partial charge < -0.3 is 20.1 Å². The average Bonchev–Trinajstić information content (AvgIpc) is 3.57. The van der Waals surface area contributed by atoms with Crippen molar-refractivity contribution < 1.29 is 19.6 Å². The molecule has 41 heavy (non-hydrogen) atoms. The average molecular weight is 566 g/mol. The van der Waals surface area contributed by atoms with Crippen LogP contribution in [0.15, 0.2) is 54.6 Å². The third kappa shape index (κ3) is 11.8. The lowest BCUT2D eigenvalue weighted by atomic mass is 9.79. The van der Waals surface area contributed by atoms with Crippen LogP contribution in [0.3, 0.4) is 0 Å². The number of aryl methyl sites for hydroxylation is 3. The zero-order valence-electron chi connectivity index (χ0n) is 26.4. The molecule has 0 radical (unpaired) electrons. The highest BCUT2D eigenvalue weighted by atomic mass is 16.5. The Labute approximate surface area is 246 Å². The van der Waals surface area contributed by atoms with Crippen LogP contribution in [0.25, 0.3) is 11.5 Å². The Morgan fingerprint density at radius 2 is 1.83 bits per heavy atom. The molecule has 0 aliphatic carbocycles. The van der Waals surface area contributed by atoms with Crippen LogP contribution in [0.5, 0.6) is 0 Å². The van der Waals surface area contributed by atoms with Crippen molar-refractivity contribution >= 4 is 24.6 Å². The topological polar surface area (TPSA) is 122 Å². The maximum atomic E-state index is 10.6. The highest BCUT2D eigenvalue weighted by Crippen LogP contribution is 2.16. The van der Waals surface area contributed by atoms with Crippen molar-refractivity contribution in [2.45, 2.75) is 62.0 Å². The summed E-state index contributed by atoms with van der Waals surface area (Å²) >= 11 is 0. The smallest absolute Gasteiger partial charge is 0.423 e. The molecule has 3 aromatic rings. The number of nitrogens with one attached hydrogen (secondary N) is 1. The number of carbonyl (C=O) groups excluding carboxylic acids is 1. The monoisotopic (exact) mass is 565 g/mol. The quantitative estimate of drug-likeness (QED) is 0.216. The summed E-state index contributed by atoms with van der Waals surface area (Å²) in [7, 11) is 2.85. The molecule has 0 atom stereocenters. The summed E-state index contributed by atoms with van der Waals surface area (Å²) < 4.78 is 6.61. The van der Waals surface area contributed by atoms with Gasteiger partial charge >= 0.3 is 7.12 Å². The number of hydrogen-bond donors (Lipinski definition) is 3. The Balaban J connectivity index is 0.000000572. The lowest BCUT2D eigenvalue weighted by Gasteiger charge is -2.05. The van der Waals surface area contributed by atoms with Gasteiger partial charge in [-0.2, -0.15) is 0 Å². The summed E-state index contributed by atoms with van der Waals surface area (Å²) in [4.78, 5) is 19.1. The zero-order chi connectivity index (χ0) is 31.5. The second kappa shape index (κ2) is 20.3. The lowest BCUT2D eigenvalue weighted by Crippen LogP contribution is -2.28. The van der Waals surface area contributed by atoms with Gasteiger partial charge in [0.2, 0.25) is 5.82 Å². The first kappa shape index (κ1) is 37.4. The Morgan fingerprint density at radius 3 is 2.29 bits per heavy atom. The number of aliphatic hydroxyl groups excluding tert-OH is 1. The van der Waals surface area contributed by atoms with E-state index in [2.05, 4.69) is 27.0 Å². The van der Waals surface area contributed by atoms with Crippen LogP contribution in [0.4, 0.5) is 5.69 Å². The highest BCUT2D eigenvalue weighted by molar-refractivity contribution is 6.61. The molecular weight excluding hydrogens is 517 g/mol. The molecule has 0 saturated carbocycles. The van der Waals surface area contributed by atoms with E-state index in [-0.39, 0.29) is 12.4 Å². The van der Waals surface area contributed by atoms with Crippen LogP contribution in [0.2, 0.25) is 0 Å². The van der Waals surface area contributed by atoms with Crippen molar-refractivity contribution in [3.05, 3.63) is 77.3 Å². The van der Waals surface area contributed by atoms with E-state index in [9.17, 15) is 9.82 Å². The molecule has 9 nitrogen and oxygen atoms in total. The van der Waals surface area contributed by atoms with Crippen molar-refractivity contribution in [2.75, 3.05) is 19.0 Å². The number of aliphatic hydroxyl groups is 1. The Bertz CT molecular complexity index is 1240. The first-order chi connectivity index (χ1) is 19.6. The molecule has 4 rings (SSSR count). The van der Waals surface area contributed by atoms with Crippen molar-refractivity contribution in [1.82, 2.24) is 19.7 Å². The van der Waals surface area contributed by atoms with Crippen molar-refractivity contribution in [1.29, 1.82) is 0 Å². The number of rotatable bonds is 6. The minimum absolute atomic E-state index is 0.143. The molecule has 0 amide bonds. The summed E-state index contributed by atoms with van der Waals surface area (Å²) in [6, 6.07) is 9.71. The predicted molar refractivity (Wildman–Crippen MR) is 170 cm³/mol. The molecule has 0 spiro atoms. The number of allylic oxidation sites excluding steroid dienone is 2. The van der Waals surface area contributed by atoms with Crippen molar-refractivity contribution in [3.63, 3.8) is 0 Å². The summed E-state index contributed by atoms with van der Waals surface area (Å²) in [5.41, 5.74) is 6.78. The largest absolute Gasteiger partial charge is 0.491 e. The van der Waals surface area contributed by atoms with Gasteiger partial charge in [0.15, 0.2) is 12.1 Å². The van der Waals surface area contributed by atoms with Gasteiger partial charge in [-0.25, -0.2) is 14.6 Å². The number of aldehydes is 1. The van der Waals surface area contributed by atoms with Gasteiger partial charge in [0, 0.05) is 25.5 Å². The summed E-state index contributed by atoms with van der Waals surface area (Å²) in [5, 5.41) is 25.0. The summed E-state index contributed by atoms with van der Waals surface area (Å²) in [6.07, 6.45) is 4.18. The number of aromatic nitrogens is 4. The molecule has 10 heteroatoms. The van der Waals surface area contributed by atoms with Crippen LogP contribution in [0, 0.1) is 19.8 Å². The van der Waals surface area contributed by atoms with Gasteiger partial charge in [-0.1, -0.05) is 72.4 Å². The number of hydrogen-bond acceptors (Lipinski definition) is 8. The molecule has 3 N–H and O–H groups in total. The number of benzene rings is 1. The van der Waals surface area contributed by atoms with Crippen LogP contribution < -0.4 is 10.8 Å². The van der Waals surface area contributed by atoms with Crippen LogP contribution >= 0.6 is 0 Å². The molecule has 2 aromatic heterocycles. The predicted octanol–water partition coefficient (Wildman–Crippen LogP) is 5.05. The van der Waals surface area contributed by atoms with E-state index >= 15 is 0 Å². The lowest BCUT2D eigenvalue weighted by molar-refractivity contribution is 0.111. The number of carbonyl (C=O) groups is 1.